The number of nitrogens with one attached hydrogen (secondary N) is 1. The molecule has 1 aromatic heterocycles. The van der Waals surface area contributed by atoms with Crippen molar-refractivity contribution >= 4 is 17.2 Å². The van der Waals surface area contributed by atoms with E-state index in [-0.39, 0.29) is 17.8 Å². The van der Waals surface area contributed by atoms with E-state index in [9.17, 15) is 9.18 Å². The van der Waals surface area contributed by atoms with Crippen LogP contribution in [0, 0.1) is 5.82 Å². The number of likely N-dealkylation sites (N-methyl/N-ethyl adjacent to an activating group) is 1. The molecule has 0 radical (unpaired) electrons. The fourth-order valence-electron chi connectivity index (χ4n) is 2.25. The monoisotopic (exact) mass is 320 g/mol. The standard InChI is InChI=1S/C17H21FN2OS/c1-12(2)20(17(21)10-19-3)11-13-8-9-16(22-13)14-6-4-5-7-15(14)18/h4-9,12,19H,10-11H2,1-3H3. The van der Waals surface area contributed by atoms with Gasteiger partial charge >= 0.3 is 0 Å². The molecule has 5 heteroatoms. The molecule has 2 rings (SSSR count). The van der Waals surface area contributed by atoms with Gasteiger partial charge in [0, 0.05) is 21.4 Å². The summed E-state index contributed by atoms with van der Waals surface area (Å²) >= 11 is 1.53. The highest BCUT2D eigenvalue weighted by Gasteiger charge is 2.18. The van der Waals surface area contributed by atoms with Crippen LogP contribution in [0.2, 0.25) is 0 Å². The van der Waals surface area contributed by atoms with Gasteiger partial charge in [0.2, 0.25) is 5.91 Å². The molecular weight excluding hydrogens is 299 g/mol. The van der Waals surface area contributed by atoms with Crippen molar-refractivity contribution in [1.82, 2.24) is 10.2 Å². The summed E-state index contributed by atoms with van der Waals surface area (Å²) in [6, 6.07) is 10.8. The van der Waals surface area contributed by atoms with Crippen molar-refractivity contribution in [3.05, 3.63) is 47.1 Å². The Morgan fingerprint density at radius 2 is 2.00 bits per heavy atom. The maximum absolute atomic E-state index is 13.8. The Bertz CT molecular complexity index is 639. The van der Waals surface area contributed by atoms with Crippen molar-refractivity contribution in [2.24, 2.45) is 0 Å². The van der Waals surface area contributed by atoms with Crippen LogP contribution in [0.4, 0.5) is 4.39 Å². The van der Waals surface area contributed by atoms with Crippen LogP contribution >= 0.6 is 11.3 Å². The van der Waals surface area contributed by atoms with Gasteiger partial charge in [-0.1, -0.05) is 18.2 Å². The second kappa shape index (κ2) is 7.51. The van der Waals surface area contributed by atoms with Crippen LogP contribution in [0.3, 0.4) is 0 Å². The third kappa shape index (κ3) is 3.93. The lowest BCUT2D eigenvalue weighted by molar-refractivity contribution is -0.132. The van der Waals surface area contributed by atoms with Crippen LogP contribution in [0.15, 0.2) is 36.4 Å². The first-order chi connectivity index (χ1) is 10.5. The molecule has 0 aliphatic carbocycles. The Hall–Kier alpha value is -1.72. The van der Waals surface area contributed by atoms with Crippen LogP contribution in [-0.2, 0) is 11.3 Å². The highest BCUT2D eigenvalue weighted by Crippen LogP contribution is 2.30. The third-order valence-corrected chi connectivity index (χ3v) is 4.50. The zero-order valence-corrected chi connectivity index (χ0v) is 13.9. The van der Waals surface area contributed by atoms with E-state index in [0.29, 0.717) is 18.7 Å². The van der Waals surface area contributed by atoms with Gasteiger partial charge in [0.1, 0.15) is 5.82 Å². The maximum Gasteiger partial charge on any atom is 0.237 e. The van der Waals surface area contributed by atoms with Gasteiger partial charge in [-0.25, -0.2) is 4.39 Å². The molecule has 0 spiro atoms. The molecule has 0 aliphatic heterocycles. The molecule has 118 valence electrons. The normalized spacial score (nSPS) is 11.0. The van der Waals surface area contributed by atoms with E-state index in [1.807, 2.05) is 36.9 Å². The highest BCUT2D eigenvalue weighted by molar-refractivity contribution is 7.15. The number of hydrogen-bond acceptors (Lipinski definition) is 3. The number of nitrogens with zero attached hydrogens (tertiary/aromatic N) is 1. The van der Waals surface area contributed by atoms with E-state index in [1.165, 1.54) is 17.4 Å². The second-order valence-electron chi connectivity index (χ2n) is 5.39. The molecular formula is C17H21FN2OS. The fourth-order valence-corrected chi connectivity index (χ4v) is 3.28. The maximum atomic E-state index is 13.8. The minimum absolute atomic E-state index is 0.0679. The van der Waals surface area contributed by atoms with Crippen molar-refractivity contribution in [2.45, 2.75) is 26.4 Å². The average Bonchev–Trinajstić information content (AvgIpc) is 2.93. The molecule has 0 bridgehead atoms. The van der Waals surface area contributed by atoms with Gasteiger partial charge in [-0.2, -0.15) is 0 Å². The van der Waals surface area contributed by atoms with Crippen LogP contribution < -0.4 is 5.32 Å². The van der Waals surface area contributed by atoms with E-state index in [2.05, 4.69) is 5.32 Å². The van der Waals surface area contributed by atoms with E-state index in [1.54, 1.807) is 19.2 Å². The molecule has 0 fully saturated rings. The molecule has 2 aromatic rings. The first-order valence-corrected chi connectivity index (χ1v) is 8.12. The van der Waals surface area contributed by atoms with Gasteiger partial charge in [-0.05, 0) is 39.1 Å². The molecule has 0 saturated carbocycles. The predicted octanol–water partition coefficient (Wildman–Crippen LogP) is 3.51. The number of amides is 1. The summed E-state index contributed by atoms with van der Waals surface area (Å²) in [5.74, 6) is -0.152. The summed E-state index contributed by atoms with van der Waals surface area (Å²) in [5.41, 5.74) is 0.608. The van der Waals surface area contributed by atoms with Gasteiger partial charge in [-0.3, -0.25) is 4.79 Å². The largest absolute Gasteiger partial charge is 0.334 e. The van der Waals surface area contributed by atoms with Crippen molar-refractivity contribution in [1.29, 1.82) is 0 Å². The zero-order chi connectivity index (χ0) is 16.1. The van der Waals surface area contributed by atoms with E-state index < -0.39 is 0 Å². The fraction of sp³-hybridized carbons (Fsp3) is 0.353. The molecule has 1 heterocycles. The lowest BCUT2D eigenvalue weighted by atomic mass is 10.2. The Morgan fingerprint density at radius 3 is 2.64 bits per heavy atom. The zero-order valence-electron chi connectivity index (χ0n) is 13.1. The third-order valence-electron chi connectivity index (χ3n) is 3.40. The summed E-state index contributed by atoms with van der Waals surface area (Å²) in [6.45, 7) is 4.87. The predicted molar refractivity (Wildman–Crippen MR) is 89.3 cm³/mol. The molecule has 0 atom stereocenters. The second-order valence-corrected chi connectivity index (χ2v) is 6.56. The van der Waals surface area contributed by atoms with Crippen molar-refractivity contribution in [3.63, 3.8) is 0 Å². The highest BCUT2D eigenvalue weighted by atomic mass is 32.1. The summed E-state index contributed by atoms with van der Waals surface area (Å²) in [6.07, 6.45) is 0. The molecule has 1 amide bonds. The van der Waals surface area contributed by atoms with E-state index >= 15 is 0 Å². The SMILES string of the molecule is CNCC(=O)N(Cc1ccc(-c2ccccc2F)s1)C(C)C. The lowest BCUT2D eigenvalue weighted by Crippen LogP contribution is -2.40. The molecule has 0 saturated heterocycles. The van der Waals surface area contributed by atoms with Crippen LogP contribution in [-0.4, -0.2) is 30.4 Å². The van der Waals surface area contributed by atoms with Crippen molar-refractivity contribution in [2.75, 3.05) is 13.6 Å². The Kier molecular flexibility index (Phi) is 5.69. The summed E-state index contributed by atoms with van der Waals surface area (Å²) in [5, 5.41) is 2.89. The summed E-state index contributed by atoms with van der Waals surface area (Å²) in [4.78, 5) is 15.9. The van der Waals surface area contributed by atoms with Gasteiger partial charge in [-0.15, -0.1) is 11.3 Å². The number of benzene rings is 1. The number of carbonyl (C=O) groups excluding carboxylic acids is 1. The average molecular weight is 320 g/mol. The van der Waals surface area contributed by atoms with Gasteiger partial charge in [0.25, 0.3) is 0 Å². The van der Waals surface area contributed by atoms with Crippen LogP contribution in [0.25, 0.3) is 10.4 Å². The van der Waals surface area contributed by atoms with E-state index in [4.69, 9.17) is 0 Å². The molecule has 0 aliphatic rings. The Balaban J connectivity index is 2.17. The minimum Gasteiger partial charge on any atom is -0.334 e. The van der Waals surface area contributed by atoms with Crippen molar-refractivity contribution in [3.8, 4) is 10.4 Å². The molecule has 3 nitrogen and oxygen atoms in total. The molecule has 1 aromatic carbocycles. The number of halogens is 1. The first kappa shape index (κ1) is 16.6. The first-order valence-electron chi connectivity index (χ1n) is 7.30. The Morgan fingerprint density at radius 1 is 1.27 bits per heavy atom. The van der Waals surface area contributed by atoms with Crippen LogP contribution in [0.1, 0.15) is 18.7 Å². The summed E-state index contributed by atoms with van der Waals surface area (Å²) in [7, 11) is 1.76. The van der Waals surface area contributed by atoms with Gasteiger partial charge in [0.05, 0.1) is 13.1 Å². The minimum atomic E-state index is -0.220. The number of thiophene rings is 1. The summed E-state index contributed by atoms with van der Waals surface area (Å²) < 4.78 is 13.8. The van der Waals surface area contributed by atoms with Crippen molar-refractivity contribution < 1.29 is 9.18 Å². The number of carbonyl (C=O) groups is 1. The number of hydrogen-bond donors (Lipinski definition) is 1. The molecule has 22 heavy (non-hydrogen) atoms. The molecule has 1 N–H and O–H groups in total. The van der Waals surface area contributed by atoms with Gasteiger partial charge < -0.3 is 10.2 Å². The smallest absolute Gasteiger partial charge is 0.237 e. The van der Waals surface area contributed by atoms with E-state index in [0.717, 1.165) is 9.75 Å². The molecule has 0 unspecified atom stereocenters. The topological polar surface area (TPSA) is 32.3 Å². The lowest BCUT2D eigenvalue weighted by Gasteiger charge is -2.26. The Labute approximate surface area is 134 Å². The van der Waals surface area contributed by atoms with Crippen LogP contribution in [0.5, 0.6) is 0 Å². The van der Waals surface area contributed by atoms with Gasteiger partial charge in [0.15, 0.2) is 0 Å². The number of rotatable bonds is 6. The quantitative estimate of drug-likeness (QED) is 0.883.